The van der Waals surface area contributed by atoms with Crippen molar-refractivity contribution in [2.45, 2.75) is 27.3 Å². The van der Waals surface area contributed by atoms with Crippen molar-refractivity contribution in [3.63, 3.8) is 0 Å². The number of likely N-dealkylation sites (N-methyl/N-ethyl adjacent to an activating group) is 1. The molecule has 2 aromatic heterocycles. The molecule has 0 bridgehead atoms. The number of aromatic amines is 1. The van der Waals surface area contributed by atoms with E-state index in [0.717, 1.165) is 16.7 Å². The van der Waals surface area contributed by atoms with E-state index in [4.69, 9.17) is 12.2 Å². The van der Waals surface area contributed by atoms with E-state index in [0.29, 0.717) is 17.9 Å². The molecule has 0 aliphatic carbocycles. The second-order valence-electron chi connectivity index (χ2n) is 4.41. The number of carbonyl (C=O) groups excluding carboxylic acids is 1. The summed E-state index contributed by atoms with van der Waals surface area (Å²) in [6.07, 6.45) is 1.73. The number of aryl methyl sites for hydroxylation is 1. The van der Waals surface area contributed by atoms with Crippen molar-refractivity contribution in [2.24, 2.45) is 0 Å². The lowest BCUT2D eigenvalue weighted by Crippen LogP contribution is -2.33. The number of amides is 1. The number of nitrogens with one attached hydrogen (secondary N) is 1. The van der Waals surface area contributed by atoms with Gasteiger partial charge in [0.05, 0.1) is 5.52 Å². The molecule has 1 N–H and O–H groups in total. The van der Waals surface area contributed by atoms with Gasteiger partial charge in [-0.1, -0.05) is 0 Å². The van der Waals surface area contributed by atoms with Crippen molar-refractivity contribution in [3.8, 4) is 0 Å². The third-order valence-electron chi connectivity index (χ3n) is 3.28. The van der Waals surface area contributed by atoms with E-state index in [9.17, 15) is 4.79 Å². The second-order valence-corrected chi connectivity index (χ2v) is 4.80. The third-order valence-corrected chi connectivity index (χ3v) is 3.60. The zero-order valence-corrected chi connectivity index (χ0v) is 12.3. The number of aromatic nitrogens is 3. The van der Waals surface area contributed by atoms with Crippen LogP contribution in [-0.4, -0.2) is 38.4 Å². The van der Waals surface area contributed by atoms with Gasteiger partial charge in [-0.3, -0.25) is 9.36 Å². The van der Waals surface area contributed by atoms with Gasteiger partial charge in [0, 0.05) is 19.3 Å². The summed E-state index contributed by atoms with van der Waals surface area (Å²) in [5.74, 6) is 0.0605. The summed E-state index contributed by atoms with van der Waals surface area (Å²) in [5.41, 5.74) is 2.72. The molecule has 6 heteroatoms. The number of fused-ring (bicyclic) bond motifs is 1. The Kier molecular flexibility index (Phi) is 3.99. The Balaban J connectivity index is 2.41. The molecular formula is C13H18N4OS. The maximum Gasteiger partial charge on any atom is 0.242 e. The number of H-pyrrole nitrogens is 1. The molecule has 0 atom stereocenters. The van der Waals surface area contributed by atoms with Gasteiger partial charge in [-0.25, -0.2) is 4.98 Å². The van der Waals surface area contributed by atoms with E-state index in [1.165, 1.54) is 0 Å². The predicted molar refractivity (Wildman–Crippen MR) is 77.6 cm³/mol. The van der Waals surface area contributed by atoms with Crippen molar-refractivity contribution in [2.75, 3.05) is 13.1 Å². The van der Waals surface area contributed by atoms with Crippen LogP contribution >= 0.6 is 12.2 Å². The monoisotopic (exact) mass is 278 g/mol. The van der Waals surface area contributed by atoms with Gasteiger partial charge in [-0.2, -0.15) is 0 Å². The molecule has 0 unspecified atom stereocenters. The van der Waals surface area contributed by atoms with Crippen molar-refractivity contribution in [1.29, 1.82) is 0 Å². The van der Waals surface area contributed by atoms with E-state index in [1.807, 2.05) is 26.8 Å². The smallest absolute Gasteiger partial charge is 0.242 e. The molecule has 0 spiro atoms. The molecule has 2 rings (SSSR count). The van der Waals surface area contributed by atoms with Crippen LogP contribution in [0.15, 0.2) is 12.3 Å². The molecule has 2 aromatic rings. The number of pyridine rings is 1. The Morgan fingerprint density at radius 1 is 1.47 bits per heavy atom. The first-order chi connectivity index (χ1) is 9.08. The highest BCUT2D eigenvalue weighted by atomic mass is 32.1. The van der Waals surface area contributed by atoms with E-state index < -0.39 is 0 Å². The molecule has 0 saturated heterocycles. The van der Waals surface area contributed by atoms with Crippen molar-refractivity contribution >= 4 is 29.3 Å². The summed E-state index contributed by atoms with van der Waals surface area (Å²) >= 11 is 5.29. The third kappa shape index (κ3) is 2.53. The van der Waals surface area contributed by atoms with E-state index in [-0.39, 0.29) is 12.5 Å². The van der Waals surface area contributed by atoms with Gasteiger partial charge in [0.1, 0.15) is 6.54 Å². The van der Waals surface area contributed by atoms with Crippen LogP contribution in [0.4, 0.5) is 0 Å². The SMILES string of the molecule is CCN(CC)C(=O)Cn1c(=S)[nH]c2c(C)ccnc21. The number of imidazole rings is 1. The molecule has 0 radical (unpaired) electrons. The van der Waals surface area contributed by atoms with E-state index in [2.05, 4.69) is 9.97 Å². The van der Waals surface area contributed by atoms with Gasteiger partial charge < -0.3 is 9.88 Å². The summed E-state index contributed by atoms with van der Waals surface area (Å²) < 4.78 is 2.30. The first-order valence-electron chi connectivity index (χ1n) is 6.40. The maximum absolute atomic E-state index is 12.2. The van der Waals surface area contributed by atoms with Gasteiger partial charge >= 0.3 is 0 Å². The predicted octanol–water partition coefficient (Wildman–Crippen LogP) is 2.27. The van der Waals surface area contributed by atoms with Gasteiger partial charge in [-0.05, 0) is 44.6 Å². The minimum absolute atomic E-state index is 0.0605. The molecule has 2 heterocycles. The minimum Gasteiger partial charge on any atom is -0.342 e. The summed E-state index contributed by atoms with van der Waals surface area (Å²) in [4.78, 5) is 21.4. The molecule has 1 amide bonds. The molecule has 0 saturated carbocycles. The fourth-order valence-electron chi connectivity index (χ4n) is 2.13. The highest BCUT2D eigenvalue weighted by Gasteiger charge is 2.14. The van der Waals surface area contributed by atoms with Crippen LogP contribution < -0.4 is 0 Å². The average Bonchev–Trinajstić information content (AvgIpc) is 2.70. The van der Waals surface area contributed by atoms with Gasteiger partial charge in [0.2, 0.25) is 5.91 Å². The van der Waals surface area contributed by atoms with Crippen LogP contribution in [0.5, 0.6) is 0 Å². The standard InChI is InChI=1S/C13H18N4OS/c1-4-16(5-2)10(18)8-17-12-11(15-13(17)19)9(3)6-7-14-12/h6-7H,4-5,8H2,1-3H3,(H,15,19). The summed E-state index contributed by atoms with van der Waals surface area (Å²) in [6.45, 7) is 7.58. The lowest BCUT2D eigenvalue weighted by Gasteiger charge is -2.18. The van der Waals surface area contributed by atoms with Crippen molar-refractivity contribution in [3.05, 3.63) is 22.6 Å². The maximum atomic E-state index is 12.2. The highest BCUT2D eigenvalue weighted by molar-refractivity contribution is 7.71. The topological polar surface area (TPSA) is 53.9 Å². The van der Waals surface area contributed by atoms with Crippen LogP contribution in [0.2, 0.25) is 0 Å². The number of nitrogens with zero attached hydrogens (tertiary/aromatic N) is 3. The minimum atomic E-state index is 0.0605. The fourth-order valence-corrected chi connectivity index (χ4v) is 2.38. The summed E-state index contributed by atoms with van der Waals surface area (Å²) in [5, 5.41) is 0. The number of carbonyl (C=O) groups is 1. The Hall–Kier alpha value is -1.69. The molecule has 19 heavy (non-hydrogen) atoms. The molecule has 102 valence electrons. The Bertz CT molecular complexity index is 654. The van der Waals surface area contributed by atoms with E-state index >= 15 is 0 Å². The quantitative estimate of drug-likeness (QED) is 0.873. The first kappa shape index (κ1) is 13.7. The summed E-state index contributed by atoms with van der Waals surface area (Å²) in [6, 6.07) is 1.92. The Morgan fingerprint density at radius 3 is 2.79 bits per heavy atom. The van der Waals surface area contributed by atoms with Gasteiger partial charge in [0.15, 0.2) is 10.4 Å². The lowest BCUT2D eigenvalue weighted by molar-refractivity contribution is -0.131. The van der Waals surface area contributed by atoms with Gasteiger partial charge in [0.25, 0.3) is 0 Å². The first-order valence-corrected chi connectivity index (χ1v) is 6.81. The van der Waals surface area contributed by atoms with Crippen LogP contribution in [0, 0.1) is 11.7 Å². The number of hydrogen-bond donors (Lipinski definition) is 1. The number of hydrogen-bond acceptors (Lipinski definition) is 3. The van der Waals surface area contributed by atoms with Crippen LogP contribution in [0.25, 0.3) is 11.2 Å². The zero-order valence-electron chi connectivity index (χ0n) is 11.4. The fraction of sp³-hybridized carbons (Fsp3) is 0.462. The zero-order chi connectivity index (χ0) is 14.0. The van der Waals surface area contributed by atoms with E-state index in [1.54, 1.807) is 15.7 Å². The Morgan fingerprint density at radius 2 is 2.16 bits per heavy atom. The normalized spacial score (nSPS) is 10.9. The van der Waals surface area contributed by atoms with Crippen LogP contribution in [-0.2, 0) is 11.3 Å². The van der Waals surface area contributed by atoms with Crippen LogP contribution in [0.1, 0.15) is 19.4 Å². The highest BCUT2D eigenvalue weighted by Crippen LogP contribution is 2.15. The molecule has 0 aliphatic heterocycles. The number of rotatable bonds is 4. The van der Waals surface area contributed by atoms with Crippen LogP contribution in [0.3, 0.4) is 0 Å². The Labute approximate surface area is 117 Å². The summed E-state index contributed by atoms with van der Waals surface area (Å²) in [7, 11) is 0. The molecule has 5 nitrogen and oxygen atoms in total. The average molecular weight is 278 g/mol. The van der Waals surface area contributed by atoms with Crippen molar-refractivity contribution in [1.82, 2.24) is 19.4 Å². The largest absolute Gasteiger partial charge is 0.342 e. The van der Waals surface area contributed by atoms with Crippen molar-refractivity contribution < 1.29 is 4.79 Å². The molecular weight excluding hydrogens is 260 g/mol. The van der Waals surface area contributed by atoms with Gasteiger partial charge in [-0.15, -0.1) is 0 Å². The lowest BCUT2D eigenvalue weighted by atomic mass is 10.3. The molecule has 0 aromatic carbocycles. The molecule has 0 aliphatic rings. The second kappa shape index (κ2) is 5.52. The molecule has 0 fully saturated rings.